The minimum atomic E-state index is -0.273. The van der Waals surface area contributed by atoms with Crippen molar-refractivity contribution in [2.45, 2.75) is 25.3 Å². The Labute approximate surface area is 135 Å². The van der Waals surface area contributed by atoms with Crippen molar-refractivity contribution >= 4 is 11.7 Å². The zero-order chi connectivity index (χ0) is 16.0. The van der Waals surface area contributed by atoms with Gasteiger partial charge in [0.05, 0.1) is 11.1 Å². The van der Waals surface area contributed by atoms with Crippen molar-refractivity contribution in [3.05, 3.63) is 47.7 Å². The van der Waals surface area contributed by atoms with Crippen LogP contribution in [0, 0.1) is 6.92 Å². The normalized spacial score (nSPS) is 23.5. The molecule has 23 heavy (non-hydrogen) atoms. The van der Waals surface area contributed by atoms with Gasteiger partial charge in [-0.15, -0.1) is 0 Å². The molecule has 118 valence electrons. The predicted octanol–water partition coefficient (Wildman–Crippen LogP) is 1.30. The summed E-state index contributed by atoms with van der Waals surface area (Å²) in [7, 11) is 1.87. The van der Waals surface area contributed by atoms with Gasteiger partial charge in [-0.1, -0.05) is 6.07 Å². The molecule has 1 spiro atoms. The number of rotatable bonds is 1. The summed E-state index contributed by atoms with van der Waals surface area (Å²) >= 11 is 0. The minimum absolute atomic E-state index is 0.176. The van der Waals surface area contributed by atoms with Crippen LogP contribution >= 0.6 is 0 Å². The maximum atomic E-state index is 12.2. The summed E-state index contributed by atoms with van der Waals surface area (Å²) < 4.78 is 0. The molecule has 4 heterocycles. The van der Waals surface area contributed by atoms with Gasteiger partial charge in [0.25, 0.3) is 0 Å². The Morgan fingerprint density at radius 3 is 2.78 bits per heavy atom. The van der Waals surface area contributed by atoms with Crippen molar-refractivity contribution < 1.29 is 4.79 Å². The Balaban J connectivity index is 1.81. The molecule has 1 fully saturated rings. The summed E-state index contributed by atoms with van der Waals surface area (Å²) in [5.74, 6) is 1.87. The van der Waals surface area contributed by atoms with E-state index in [0.29, 0.717) is 13.0 Å². The number of nitrogens with zero attached hydrogens (tertiary/aromatic N) is 5. The van der Waals surface area contributed by atoms with E-state index in [1.165, 1.54) is 0 Å². The van der Waals surface area contributed by atoms with Crippen LogP contribution < -0.4 is 4.90 Å². The highest BCUT2D eigenvalue weighted by Crippen LogP contribution is 2.40. The Bertz CT molecular complexity index is 763. The molecule has 0 aromatic carbocycles. The second kappa shape index (κ2) is 5.01. The zero-order valence-electron chi connectivity index (χ0n) is 13.4. The lowest BCUT2D eigenvalue weighted by Crippen LogP contribution is -2.48. The number of pyridine rings is 1. The topological polar surface area (TPSA) is 62.2 Å². The molecule has 6 nitrogen and oxygen atoms in total. The van der Waals surface area contributed by atoms with Crippen molar-refractivity contribution in [1.29, 1.82) is 0 Å². The van der Waals surface area contributed by atoms with Gasteiger partial charge < -0.3 is 9.80 Å². The second-order valence-electron chi connectivity index (χ2n) is 6.54. The van der Waals surface area contributed by atoms with Gasteiger partial charge >= 0.3 is 0 Å². The molecule has 0 aliphatic carbocycles. The van der Waals surface area contributed by atoms with Gasteiger partial charge in [-0.05, 0) is 19.1 Å². The first-order chi connectivity index (χ1) is 11.1. The number of hydrogen-bond acceptors (Lipinski definition) is 5. The van der Waals surface area contributed by atoms with E-state index in [4.69, 9.17) is 4.98 Å². The molecule has 2 aromatic rings. The summed E-state index contributed by atoms with van der Waals surface area (Å²) in [6.07, 6.45) is 4.20. The Kier molecular flexibility index (Phi) is 3.07. The first kappa shape index (κ1) is 14.1. The average Bonchev–Trinajstić information content (AvgIpc) is 2.83. The van der Waals surface area contributed by atoms with Crippen molar-refractivity contribution in [2.24, 2.45) is 0 Å². The molecule has 0 bridgehead atoms. The van der Waals surface area contributed by atoms with Crippen molar-refractivity contribution in [2.75, 3.05) is 25.0 Å². The molecule has 2 aromatic heterocycles. The van der Waals surface area contributed by atoms with Crippen LogP contribution in [0.2, 0.25) is 0 Å². The number of fused-ring (bicyclic) bond motifs is 2. The smallest absolute Gasteiger partial charge is 0.223 e. The Morgan fingerprint density at radius 2 is 2.09 bits per heavy atom. The molecule has 1 saturated heterocycles. The molecule has 2 aliphatic heterocycles. The van der Waals surface area contributed by atoms with E-state index in [2.05, 4.69) is 14.9 Å². The van der Waals surface area contributed by atoms with Crippen LogP contribution in [0.1, 0.15) is 23.5 Å². The number of aryl methyl sites for hydroxylation is 1. The maximum absolute atomic E-state index is 12.2. The number of amides is 1. The van der Waals surface area contributed by atoms with Crippen LogP contribution in [0.4, 0.5) is 5.82 Å². The van der Waals surface area contributed by atoms with Crippen LogP contribution in [-0.2, 0) is 16.8 Å². The number of carbonyl (C=O) groups excluding carboxylic acids is 1. The first-order valence-electron chi connectivity index (χ1n) is 7.80. The monoisotopic (exact) mass is 309 g/mol. The van der Waals surface area contributed by atoms with Gasteiger partial charge in [0.2, 0.25) is 5.91 Å². The third-order valence-corrected chi connectivity index (χ3v) is 4.77. The van der Waals surface area contributed by atoms with Gasteiger partial charge in [0.15, 0.2) is 0 Å². The lowest BCUT2D eigenvalue weighted by Gasteiger charge is -2.40. The van der Waals surface area contributed by atoms with Gasteiger partial charge in [-0.25, -0.2) is 15.0 Å². The van der Waals surface area contributed by atoms with E-state index in [-0.39, 0.29) is 11.3 Å². The van der Waals surface area contributed by atoms with E-state index in [9.17, 15) is 4.79 Å². The fourth-order valence-electron chi connectivity index (χ4n) is 3.76. The third kappa shape index (κ3) is 2.25. The molecule has 1 atom stereocenters. The number of hydrogen-bond donors (Lipinski definition) is 0. The molecule has 0 saturated carbocycles. The molecule has 0 radical (unpaired) electrons. The number of likely N-dealkylation sites (tertiary alicyclic amines) is 1. The number of aromatic nitrogens is 3. The lowest BCUT2D eigenvalue weighted by atomic mass is 9.78. The first-order valence-corrected chi connectivity index (χ1v) is 7.80. The molecule has 6 heteroatoms. The standard InChI is InChI=1S/C17H19N5O/c1-12-19-8-13-9-22(14-5-3-4-6-18-14)11-17(16(13)20-12)7-15(23)21(2)10-17/h3-6,8H,7,9-11H2,1-2H3. The molecular formula is C17H19N5O. The highest BCUT2D eigenvalue weighted by Gasteiger charge is 2.49. The largest absolute Gasteiger partial charge is 0.351 e. The van der Waals surface area contributed by atoms with Crippen LogP contribution in [0.3, 0.4) is 0 Å². The highest BCUT2D eigenvalue weighted by atomic mass is 16.2. The molecule has 0 N–H and O–H groups in total. The van der Waals surface area contributed by atoms with Crippen LogP contribution in [-0.4, -0.2) is 45.9 Å². The predicted molar refractivity (Wildman–Crippen MR) is 86.0 cm³/mol. The lowest BCUT2D eigenvalue weighted by molar-refractivity contribution is -0.126. The Morgan fingerprint density at radius 1 is 1.22 bits per heavy atom. The Hall–Kier alpha value is -2.50. The fourth-order valence-corrected chi connectivity index (χ4v) is 3.76. The molecule has 2 aliphatic rings. The average molecular weight is 309 g/mol. The molecule has 1 amide bonds. The summed E-state index contributed by atoms with van der Waals surface area (Å²) in [5.41, 5.74) is 1.86. The quantitative estimate of drug-likeness (QED) is 0.794. The minimum Gasteiger partial charge on any atom is -0.351 e. The SMILES string of the molecule is Cc1ncc2c(n1)C1(CC(=O)N(C)C1)CN(c1ccccn1)C2. The van der Waals surface area contributed by atoms with Gasteiger partial charge in [0.1, 0.15) is 11.6 Å². The van der Waals surface area contributed by atoms with Gasteiger partial charge in [-0.3, -0.25) is 4.79 Å². The van der Waals surface area contributed by atoms with E-state index in [0.717, 1.165) is 36.0 Å². The molecular weight excluding hydrogens is 290 g/mol. The number of anilines is 1. The van der Waals surface area contributed by atoms with Crippen LogP contribution in [0.15, 0.2) is 30.6 Å². The second-order valence-corrected chi connectivity index (χ2v) is 6.54. The molecule has 1 unspecified atom stereocenters. The highest BCUT2D eigenvalue weighted by molar-refractivity contribution is 5.81. The summed E-state index contributed by atoms with van der Waals surface area (Å²) in [6, 6.07) is 5.91. The van der Waals surface area contributed by atoms with Gasteiger partial charge in [-0.2, -0.15) is 0 Å². The van der Waals surface area contributed by atoms with Crippen molar-refractivity contribution in [1.82, 2.24) is 19.9 Å². The summed E-state index contributed by atoms with van der Waals surface area (Å²) in [4.78, 5) is 29.8. The summed E-state index contributed by atoms with van der Waals surface area (Å²) in [5, 5.41) is 0. The van der Waals surface area contributed by atoms with Crippen molar-refractivity contribution in [3.63, 3.8) is 0 Å². The number of carbonyl (C=O) groups is 1. The third-order valence-electron chi connectivity index (χ3n) is 4.77. The fraction of sp³-hybridized carbons (Fsp3) is 0.412. The van der Waals surface area contributed by atoms with E-state index in [1.807, 2.05) is 43.3 Å². The van der Waals surface area contributed by atoms with E-state index in [1.54, 1.807) is 6.20 Å². The van der Waals surface area contributed by atoms with E-state index < -0.39 is 0 Å². The van der Waals surface area contributed by atoms with E-state index >= 15 is 0 Å². The maximum Gasteiger partial charge on any atom is 0.223 e. The molecule has 4 rings (SSSR count). The van der Waals surface area contributed by atoms with Crippen molar-refractivity contribution in [3.8, 4) is 0 Å². The zero-order valence-corrected chi connectivity index (χ0v) is 13.4. The van der Waals surface area contributed by atoms with Crippen LogP contribution in [0.25, 0.3) is 0 Å². The number of likely N-dealkylation sites (N-methyl/N-ethyl adjacent to an activating group) is 1. The summed E-state index contributed by atoms with van der Waals surface area (Å²) in [6.45, 7) is 4.08. The van der Waals surface area contributed by atoms with Crippen LogP contribution in [0.5, 0.6) is 0 Å². The van der Waals surface area contributed by atoms with Gasteiger partial charge in [0, 0.05) is 51.1 Å².